The summed E-state index contributed by atoms with van der Waals surface area (Å²) in [6.45, 7) is 3.72. The molecule has 1 aliphatic rings. The summed E-state index contributed by atoms with van der Waals surface area (Å²) in [5.41, 5.74) is 1.20. The Morgan fingerprint density at radius 3 is 2.57 bits per heavy atom. The topological polar surface area (TPSA) is 129 Å². The first-order valence-corrected chi connectivity index (χ1v) is 10.3. The number of carboxylic acid groups (broad SMARTS) is 2. The predicted octanol–water partition coefficient (Wildman–Crippen LogP) is 2.17. The normalized spacial score (nSPS) is 16.2. The lowest BCUT2D eigenvalue weighted by Crippen LogP contribution is -2.41. The van der Waals surface area contributed by atoms with Crippen LogP contribution in [0.15, 0.2) is 41.9 Å². The van der Waals surface area contributed by atoms with Crippen LogP contribution < -0.4 is 5.32 Å². The molecule has 0 aliphatic carbocycles. The molecule has 1 atom stereocenters. The van der Waals surface area contributed by atoms with Gasteiger partial charge in [0, 0.05) is 18.1 Å². The summed E-state index contributed by atoms with van der Waals surface area (Å²) in [4.78, 5) is 36.6. The van der Waals surface area contributed by atoms with Gasteiger partial charge in [-0.15, -0.1) is 11.3 Å². The van der Waals surface area contributed by atoms with E-state index in [2.05, 4.69) is 27.3 Å². The average molecular weight is 436 g/mol. The third kappa shape index (κ3) is 9.12. The minimum absolute atomic E-state index is 0.0100. The largest absolute Gasteiger partial charge is 0.473 e. The van der Waals surface area contributed by atoms with Crippen molar-refractivity contribution in [3.8, 4) is 0 Å². The zero-order valence-electron chi connectivity index (χ0n) is 16.4. The highest BCUT2D eigenvalue weighted by Crippen LogP contribution is 2.18. The molecule has 1 fully saturated rings. The van der Waals surface area contributed by atoms with E-state index in [0.29, 0.717) is 24.2 Å². The van der Waals surface area contributed by atoms with Crippen LogP contribution in [0.4, 0.5) is 5.13 Å². The van der Waals surface area contributed by atoms with E-state index in [4.69, 9.17) is 24.5 Å². The molecule has 1 amide bonds. The Kier molecular flexibility index (Phi) is 9.92. The fourth-order valence-electron chi connectivity index (χ4n) is 3.00. The standard InChI is InChI=1S/C18H23N3O2S.C2H2O4/c22-17(20-18-19-8-10-24-18)12-21-9-4-7-16(11-21)14-23-13-15-5-2-1-3-6-15;3-1(4)2(5)6/h1-3,5-6,8,10,16H,4,7,9,11-14H2,(H,19,20,22);(H,3,4)(H,5,6). The molecule has 30 heavy (non-hydrogen) atoms. The van der Waals surface area contributed by atoms with Gasteiger partial charge in [0.1, 0.15) is 0 Å². The van der Waals surface area contributed by atoms with Gasteiger partial charge in [-0.25, -0.2) is 14.6 Å². The van der Waals surface area contributed by atoms with Crippen LogP contribution >= 0.6 is 11.3 Å². The number of anilines is 1. The molecular weight excluding hydrogens is 410 g/mol. The molecule has 3 rings (SSSR count). The first-order chi connectivity index (χ1) is 14.4. The van der Waals surface area contributed by atoms with Crippen molar-refractivity contribution in [2.24, 2.45) is 5.92 Å². The van der Waals surface area contributed by atoms with E-state index in [1.165, 1.54) is 23.3 Å². The highest BCUT2D eigenvalue weighted by molar-refractivity contribution is 7.13. The summed E-state index contributed by atoms with van der Waals surface area (Å²) in [6, 6.07) is 10.2. The lowest BCUT2D eigenvalue weighted by atomic mass is 9.99. The summed E-state index contributed by atoms with van der Waals surface area (Å²) in [6.07, 6.45) is 3.98. The molecule has 0 bridgehead atoms. The van der Waals surface area contributed by atoms with E-state index in [1.54, 1.807) is 6.20 Å². The number of amides is 1. The molecule has 1 aromatic carbocycles. The van der Waals surface area contributed by atoms with Gasteiger partial charge in [-0.3, -0.25) is 9.69 Å². The van der Waals surface area contributed by atoms with Gasteiger partial charge >= 0.3 is 11.9 Å². The molecule has 0 radical (unpaired) electrons. The Labute approximate surface area is 178 Å². The molecule has 2 heterocycles. The Morgan fingerprint density at radius 1 is 1.20 bits per heavy atom. The van der Waals surface area contributed by atoms with Crippen LogP contribution in [-0.2, 0) is 25.7 Å². The van der Waals surface area contributed by atoms with Gasteiger partial charge < -0.3 is 20.3 Å². The van der Waals surface area contributed by atoms with Gasteiger partial charge in [0.25, 0.3) is 0 Å². The number of likely N-dealkylation sites (tertiary alicyclic amines) is 1. The predicted molar refractivity (Wildman–Crippen MR) is 111 cm³/mol. The fourth-order valence-corrected chi connectivity index (χ4v) is 3.54. The molecule has 10 heteroatoms. The number of carbonyl (C=O) groups excluding carboxylic acids is 1. The van der Waals surface area contributed by atoms with Crippen molar-refractivity contribution in [3.05, 3.63) is 47.5 Å². The van der Waals surface area contributed by atoms with Crippen molar-refractivity contribution < 1.29 is 29.3 Å². The first-order valence-electron chi connectivity index (χ1n) is 9.43. The number of piperidine rings is 1. The van der Waals surface area contributed by atoms with Crippen molar-refractivity contribution >= 4 is 34.3 Å². The maximum atomic E-state index is 12.1. The van der Waals surface area contributed by atoms with E-state index >= 15 is 0 Å². The Hall–Kier alpha value is -2.82. The van der Waals surface area contributed by atoms with Crippen molar-refractivity contribution in [3.63, 3.8) is 0 Å². The summed E-state index contributed by atoms with van der Waals surface area (Å²) in [7, 11) is 0. The fraction of sp³-hybridized carbons (Fsp3) is 0.400. The van der Waals surface area contributed by atoms with Gasteiger partial charge in [-0.2, -0.15) is 0 Å². The van der Waals surface area contributed by atoms with Crippen LogP contribution in [0.25, 0.3) is 0 Å². The SMILES string of the molecule is O=C(CN1CCCC(COCc2ccccc2)C1)Nc1nccs1.O=C(O)C(=O)O. The van der Waals surface area contributed by atoms with Gasteiger partial charge in [0.2, 0.25) is 5.91 Å². The molecule has 0 spiro atoms. The van der Waals surface area contributed by atoms with Crippen LogP contribution in [0, 0.1) is 5.92 Å². The zero-order chi connectivity index (χ0) is 21.8. The van der Waals surface area contributed by atoms with Gasteiger partial charge in [0.15, 0.2) is 5.13 Å². The second-order valence-electron chi connectivity index (χ2n) is 6.74. The summed E-state index contributed by atoms with van der Waals surface area (Å²) in [5.74, 6) is -3.14. The van der Waals surface area contributed by atoms with E-state index in [-0.39, 0.29) is 5.91 Å². The number of rotatable bonds is 7. The Morgan fingerprint density at radius 2 is 1.93 bits per heavy atom. The highest BCUT2D eigenvalue weighted by Gasteiger charge is 2.22. The van der Waals surface area contributed by atoms with E-state index in [0.717, 1.165) is 26.1 Å². The zero-order valence-corrected chi connectivity index (χ0v) is 17.2. The molecule has 1 aromatic heterocycles. The number of carboxylic acids is 2. The monoisotopic (exact) mass is 435 g/mol. The Balaban J connectivity index is 0.000000469. The lowest BCUT2D eigenvalue weighted by molar-refractivity contribution is -0.159. The number of benzene rings is 1. The van der Waals surface area contributed by atoms with Crippen molar-refractivity contribution in [2.45, 2.75) is 19.4 Å². The molecule has 1 saturated heterocycles. The quantitative estimate of drug-likeness (QED) is 0.564. The third-order valence-corrected chi connectivity index (χ3v) is 4.99. The lowest BCUT2D eigenvalue weighted by Gasteiger charge is -2.31. The van der Waals surface area contributed by atoms with Gasteiger partial charge in [0.05, 0.1) is 19.8 Å². The number of ether oxygens (including phenoxy) is 1. The van der Waals surface area contributed by atoms with Crippen LogP contribution in [0.1, 0.15) is 18.4 Å². The summed E-state index contributed by atoms with van der Waals surface area (Å²) in [5, 5.41) is 20.2. The van der Waals surface area contributed by atoms with Crippen molar-refractivity contribution in [2.75, 3.05) is 31.6 Å². The highest BCUT2D eigenvalue weighted by atomic mass is 32.1. The van der Waals surface area contributed by atoms with E-state index < -0.39 is 11.9 Å². The molecule has 1 unspecified atom stereocenters. The molecule has 162 valence electrons. The maximum absolute atomic E-state index is 12.1. The molecule has 9 nitrogen and oxygen atoms in total. The van der Waals surface area contributed by atoms with Crippen molar-refractivity contribution in [1.82, 2.24) is 9.88 Å². The third-order valence-electron chi connectivity index (χ3n) is 4.30. The number of carbonyl (C=O) groups is 3. The molecule has 2 aromatic rings. The summed E-state index contributed by atoms with van der Waals surface area (Å²) < 4.78 is 5.86. The second kappa shape index (κ2) is 12.7. The molecule has 1 aliphatic heterocycles. The average Bonchev–Trinajstić information content (AvgIpc) is 3.22. The molecule has 3 N–H and O–H groups in total. The van der Waals surface area contributed by atoms with Crippen molar-refractivity contribution in [1.29, 1.82) is 0 Å². The van der Waals surface area contributed by atoms with E-state index in [1.807, 2.05) is 23.6 Å². The van der Waals surface area contributed by atoms with Crippen LogP contribution in [0.2, 0.25) is 0 Å². The number of nitrogens with one attached hydrogen (secondary N) is 1. The first kappa shape index (κ1) is 23.5. The van der Waals surface area contributed by atoms with Crippen LogP contribution in [0.3, 0.4) is 0 Å². The van der Waals surface area contributed by atoms with Gasteiger partial charge in [-0.1, -0.05) is 30.3 Å². The number of hydrogen-bond donors (Lipinski definition) is 3. The second-order valence-corrected chi connectivity index (χ2v) is 7.63. The Bertz CT molecular complexity index is 788. The van der Waals surface area contributed by atoms with Gasteiger partial charge in [-0.05, 0) is 30.9 Å². The number of aromatic nitrogens is 1. The number of nitrogens with zero attached hydrogens (tertiary/aromatic N) is 2. The number of thiazole rings is 1. The van der Waals surface area contributed by atoms with E-state index in [9.17, 15) is 4.79 Å². The number of hydrogen-bond acceptors (Lipinski definition) is 7. The number of aliphatic carboxylic acids is 2. The molecule has 0 saturated carbocycles. The minimum atomic E-state index is -1.82. The summed E-state index contributed by atoms with van der Waals surface area (Å²) >= 11 is 1.44. The maximum Gasteiger partial charge on any atom is 0.414 e. The minimum Gasteiger partial charge on any atom is -0.473 e. The smallest absolute Gasteiger partial charge is 0.414 e. The van der Waals surface area contributed by atoms with Crippen LogP contribution in [0.5, 0.6) is 0 Å². The molecular formula is C20H25N3O6S. The van der Waals surface area contributed by atoms with Crippen LogP contribution in [-0.4, -0.2) is 64.2 Å².